The topological polar surface area (TPSA) is 73.9 Å². The molecule has 0 aliphatic heterocycles. The number of carbonyl (C=O) groups excluding carboxylic acids is 2. The maximum atomic E-state index is 12.6. The second-order valence-corrected chi connectivity index (χ2v) is 7.48. The third-order valence-electron chi connectivity index (χ3n) is 3.53. The molecule has 2 amide bonds. The summed E-state index contributed by atoms with van der Waals surface area (Å²) in [6, 6.07) is 9.34. The third kappa shape index (κ3) is 10.2. The molecule has 0 fully saturated rings. The lowest BCUT2D eigenvalue weighted by Crippen LogP contribution is -2.56. The quantitative estimate of drug-likeness (QED) is 0.572. The molecule has 0 unspecified atom stereocenters. The molecule has 0 bridgehead atoms. The Bertz CT molecular complexity index is 639. The monoisotopic (exact) mass is 418 g/mol. The van der Waals surface area contributed by atoms with Crippen LogP contribution in [0.15, 0.2) is 30.3 Å². The summed E-state index contributed by atoms with van der Waals surface area (Å²) in [4.78, 5) is 29.3. The van der Waals surface area contributed by atoms with E-state index < -0.39 is 18.0 Å². The van der Waals surface area contributed by atoms with Gasteiger partial charge in [0.05, 0.1) is 13.2 Å². The molecule has 164 valence electrons. The number of alkyl halides is 3. The van der Waals surface area contributed by atoms with E-state index in [4.69, 9.17) is 4.84 Å². The lowest BCUT2D eigenvalue weighted by Gasteiger charge is -2.29. The standard InChI is InChI=1S/C19H29F3N4O3/c1-14(2)10-25(24-29-13-16-8-6-5-7-9-16)12-17(27)26(11-15(3)4)23-18(28)19(20,21)22/h5-9,14-15,24H,10-13H2,1-4H3,(H,23,28). The highest BCUT2D eigenvalue weighted by atomic mass is 19.4. The molecule has 1 aromatic rings. The molecule has 0 heterocycles. The van der Waals surface area contributed by atoms with Crippen LogP contribution in [0.5, 0.6) is 0 Å². The number of hydrogen-bond donors (Lipinski definition) is 2. The van der Waals surface area contributed by atoms with Gasteiger partial charge in [0.25, 0.3) is 5.91 Å². The van der Waals surface area contributed by atoms with Crippen molar-refractivity contribution < 1.29 is 27.6 Å². The summed E-state index contributed by atoms with van der Waals surface area (Å²) < 4.78 is 37.7. The lowest BCUT2D eigenvalue weighted by atomic mass is 10.2. The number of benzene rings is 1. The van der Waals surface area contributed by atoms with Crippen molar-refractivity contribution >= 4 is 11.8 Å². The maximum Gasteiger partial charge on any atom is 0.472 e. The Morgan fingerprint density at radius 3 is 2.14 bits per heavy atom. The van der Waals surface area contributed by atoms with Gasteiger partial charge in [-0.1, -0.05) is 58.0 Å². The summed E-state index contributed by atoms with van der Waals surface area (Å²) in [5.41, 5.74) is 5.24. The largest absolute Gasteiger partial charge is 0.472 e. The average molecular weight is 418 g/mol. The molecule has 0 aliphatic rings. The van der Waals surface area contributed by atoms with Gasteiger partial charge in [-0.3, -0.25) is 24.9 Å². The molecule has 0 radical (unpaired) electrons. The summed E-state index contributed by atoms with van der Waals surface area (Å²) in [7, 11) is 0. The van der Waals surface area contributed by atoms with Gasteiger partial charge in [0, 0.05) is 13.1 Å². The molecule has 29 heavy (non-hydrogen) atoms. The zero-order valence-corrected chi connectivity index (χ0v) is 17.1. The van der Waals surface area contributed by atoms with E-state index in [1.807, 2.05) is 44.2 Å². The first kappa shape index (κ1) is 24.9. The van der Waals surface area contributed by atoms with E-state index in [1.165, 1.54) is 5.01 Å². The number of nitrogens with one attached hydrogen (secondary N) is 2. The maximum absolute atomic E-state index is 12.6. The average Bonchev–Trinajstić information content (AvgIpc) is 2.60. The van der Waals surface area contributed by atoms with Crippen LogP contribution in [0, 0.1) is 11.8 Å². The predicted octanol–water partition coefficient (Wildman–Crippen LogP) is 2.66. The van der Waals surface area contributed by atoms with Crippen LogP contribution >= 0.6 is 0 Å². The molecular weight excluding hydrogens is 389 g/mol. The highest BCUT2D eigenvalue weighted by Gasteiger charge is 2.40. The van der Waals surface area contributed by atoms with Gasteiger partial charge in [-0.15, -0.1) is 5.59 Å². The van der Waals surface area contributed by atoms with Crippen LogP contribution in [0.4, 0.5) is 13.2 Å². The van der Waals surface area contributed by atoms with Gasteiger partial charge in [0.15, 0.2) is 0 Å². The smallest absolute Gasteiger partial charge is 0.282 e. The van der Waals surface area contributed by atoms with Gasteiger partial charge in [-0.25, -0.2) is 5.01 Å². The number of carbonyl (C=O) groups is 2. The molecule has 10 heteroatoms. The van der Waals surface area contributed by atoms with Crippen molar-refractivity contribution in [2.75, 3.05) is 19.6 Å². The number of hydrazine groups is 2. The van der Waals surface area contributed by atoms with Crippen LogP contribution in [-0.4, -0.2) is 47.6 Å². The Balaban J connectivity index is 2.73. The Kier molecular flexibility index (Phi) is 10.1. The zero-order valence-electron chi connectivity index (χ0n) is 17.1. The van der Waals surface area contributed by atoms with Crippen LogP contribution in [0.1, 0.15) is 33.3 Å². The zero-order chi connectivity index (χ0) is 22.0. The fourth-order valence-corrected chi connectivity index (χ4v) is 2.37. The van der Waals surface area contributed by atoms with Gasteiger partial charge in [-0.2, -0.15) is 13.2 Å². The van der Waals surface area contributed by atoms with Crippen molar-refractivity contribution in [3.63, 3.8) is 0 Å². The molecular formula is C19H29F3N4O3. The first-order valence-electron chi connectivity index (χ1n) is 9.33. The fourth-order valence-electron chi connectivity index (χ4n) is 2.37. The van der Waals surface area contributed by atoms with Crippen molar-refractivity contribution in [3.8, 4) is 0 Å². The van der Waals surface area contributed by atoms with E-state index >= 15 is 0 Å². The van der Waals surface area contributed by atoms with Crippen LogP contribution in [0.3, 0.4) is 0 Å². The first-order chi connectivity index (χ1) is 13.5. The predicted molar refractivity (Wildman–Crippen MR) is 102 cm³/mol. The highest BCUT2D eigenvalue weighted by Crippen LogP contribution is 2.14. The summed E-state index contributed by atoms with van der Waals surface area (Å²) in [5, 5.41) is 2.16. The van der Waals surface area contributed by atoms with Gasteiger partial charge in [0.1, 0.15) is 0 Å². The molecule has 0 saturated heterocycles. The highest BCUT2D eigenvalue weighted by molar-refractivity contribution is 5.86. The molecule has 0 saturated carbocycles. The number of nitrogens with zero attached hydrogens (tertiary/aromatic N) is 2. The second kappa shape index (κ2) is 11.7. The number of hydrogen-bond acceptors (Lipinski definition) is 5. The minimum Gasteiger partial charge on any atom is -0.282 e. The van der Waals surface area contributed by atoms with E-state index in [9.17, 15) is 22.8 Å². The molecule has 0 spiro atoms. The van der Waals surface area contributed by atoms with Gasteiger partial charge >= 0.3 is 12.1 Å². The van der Waals surface area contributed by atoms with Crippen molar-refractivity contribution in [1.82, 2.24) is 21.0 Å². The summed E-state index contributed by atoms with van der Waals surface area (Å²) in [5.74, 6) is -2.87. The van der Waals surface area contributed by atoms with Crippen LogP contribution in [-0.2, 0) is 21.0 Å². The molecule has 2 N–H and O–H groups in total. The van der Waals surface area contributed by atoms with Crippen LogP contribution in [0.25, 0.3) is 0 Å². The Labute approximate surface area is 169 Å². The number of amides is 2. The molecule has 7 nitrogen and oxygen atoms in total. The minimum atomic E-state index is -5.08. The Morgan fingerprint density at radius 2 is 1.62 bits per heavy atom. The third-order valence-corrected chi connectivity index (χ3v) is 3.53. The molecule has 0 aliphatic carbocycles. The van der Waals surface area contributed by atoms with Crippen molar-refractivity contribution in [2.24, 2.45) is 11.8 Å². The minimum absolute atomic E-state index is 0.0545. The molecule has 0 aromatic heterocycles. The lowest BCUT2D eigenvalue weighted by molar-refractivity contribution is -0.181. The first-order valence-corrected chi connectivity index (χ1v) is 9.33. The van der Waals surface area contributed by atoms with Crippen molar-refractivity contribution in [2.45, 2.75) is 40.5 Å². The Morgan fingerprint density at radius 1 is 1.03 bits per heavy atom. The molecule has 1 rings (SSSR count). The van der Waals surface area contributed by atoms with E-state index in [2.05, 4.69) is 5.59 Å². The van der Waals surface area contributed by atoms with Gasteiger partial charge in [0.2, 0.25) is 0 Å². The van der Waals surface area contributed by atoms with E-state index in [0.29, 0.717) is 11.6 Å². The second-order valence-electron chi connectivity index (χ2n) is 7.48. The molecule has 0 atom stereocenters. The fraction of sp³-hybridized carbons (Fsp3) is 0.579. The summed E-state index contributed by atoms with van der Waals surface area (Å²) in [6.45, 7) is 7.62. The van der Waals surface area contributed by atoms with Gasteiger partial charge < -0.3 is 0 Å². The number of halogens is 3. The summed E-state index contributed by atoms with van der Waals surface area (Å²) in [6.07, 6.45) is -5.08. The Hall–Kier alpha value is -2.17. The van der Waals surface area contributed by atoms with Crippen LogP contribution < -0.4 is 11.0 Å². The van der Waals surface area contributed by atoms with Crippen molar-refractivity contribution in [1.29, 1.82) is 0 Å². The number of rotatable bonds is 10. The molecule has 1 aromatic carbocycles. The van der Waals surface area contributed by atoms with E-state index in [-0.39, 0.29) is 31.5 Å². The van der Waals surface area contributed by atoms with Gasteiger partial charge in [-0.05, 0) is 17.4 Å². The van der Waals surface area contributed by atoms with Crippen LogP contribution in [0.2, 0.25) is 0 Å². The normalized spacial score (nSPS) is 11.9. The van der Waals surface area contributed by atoms with E-state index in [0.717, 1.165) is 5.56 Å². The van der Waals surface area contributed by atoms with E-state index in [1.54, 1.807) is 19.3 Å². The SMILES string of the molecule is CC(C)CN(CC(=O)N(CC(C)C)NC(=O)C(F)(F)F)NOCc1ccccc1. The summed E-state index contributed by atoms with van der Waals surface area (Å²) >= 11 is 0. The van der Waals surface area contributed by atoms with Crippen molar-refractivity contribution in [3.05, 3.63) is 35.9 Å².